The molecule has 0 saturated heterocycles. The van der Waals surface area contributed by atoms with Gasteiger partial charge in [-0.15, -0.1) is 24.0 Å². The molecule has 1 aliphatic heterocycles. The Balaban J connectivity index is 0.00000420. The average molecular weight is 539 g/mol. The largest absolute Gasteiger partial charge is 0.489 e. The lowest BCUT2D eigenvalue weighted by Gasteiger charge is -2.21. The predicted molar refractivity (Wildman–Crippen MR) is 132 cm³/mol. The Hall–Kier alpha value is -0.930. The van der Waals surface area contributed by atoms with Gasteiger partial charge in [0.1, 0.15) is 0 Å². The fourth-order valence-electron chi connectivity index (χ4n) is 3.23. The van der Waals surface area contributed by atoms with Crippen molar-refractivity contribution in [3.63, 3.8) is 0 Å². The van der Waals surface area contributed by atoms with Crippen molar-refractivity contribution >= 4 is 41.5 Å². The number of benzene rings is 1. The molecule has 1 aromatic carbocycles. The molecule has 0 bridgehead atoms. The van der Waals surface area contributed by atoms with E-state index < -0.39 is 0 Å². The maximum Gasteiger partial charge on any atom is 0.191 e. The molecular formula is C21H36ClIN4O2. The zero-order valence-corrected chi connectivity index (χ0v) is 21.2. The van der Waals surface area contributed by atoms with Crippen molar-refractivity contribution in [1.29, 1.82) is 0 Å². The Labute approximate surface area is 197 Å². The van der Waals surface area contributed by atoms with E-state index in [9.17, 15) is 0 Å². The molecule has 0 fully saturated rings. The van der Waals surface area contributed by atoms with Crippen LogP contribution in [0.2, 0.25) is 5.02 Å². The zero-order chi connectivity index (χ0) is 20.4. The molecule has 1 aromatic rings. The SMILES string of the molecule is CCN(CC)CCCC(C)NC(=NC)NCc1cc(Cl)c2c(c1)OCCCO2.I. The molecule has 0 aromatic heterocycles. The van der Waals surface area contributed by atoms with E-state index in [1.54, 1.807) is 7.05 Å². The summed E-state index contributed by atoms with van der Waals surface area (Å²) in [5, 5.41) is 7.41. The molecular weight excluding hydrogens is 503 g/mol. The first kappa shape index (κ1) is 26.1. The Bertz CT molecular complexity index is 641. The molecule has 6 nitrogen and oxygen atoms in total. The highest BCUT2D eigenvalue weighted by atomic mass is 127. The highest BCUT2D eigenvalue weighted by Crippen LogP contribution is 2.37. The Morgan fingerprint density at radius 2 is 1.97 bits per heavy atom. The van der Waals surface area contributed by atoms with E-state index in [0.29, 0.717) is 36.6 Å². The van der Waals surface area contributed by atoms with Gasteiger partial charge in [0.2, 0.25) is 0 Å². The minimum atomic E-state index is 0. The van der Waals surface area contributed by atoms with Gasteiger partial charge in [-0.05, 0) is 57.1 Å². The third-order valence-electron chi connectivity index (χ3n) is 4.93. The van der Waals surface area contributed by atoms with Gasteiger partial charge in [-0.25, -0.2) is 0 Å². The summed E-state index contributed by atoms with van der Waals surface area (Å²) < 4.78 is 11.4. The number of hydrogen-bond acceptors (Lipinski definition) is 4. The number of rotatable bonds is 9. The second-order valence-electron chi connectivity index (χ2n) is 7.10. The minimum absolute atomic E-state index is 0. The summed E-state index contributed by atoms with van der Waals surface area (Å²) in [6, 6.07) is 4.26. The van der Waals surface area contributed by atoms with Gasteiger partial charge in [0.05, 0.1) is 18.2 Å². The van der Waals surface area contributed by atoms with Gasteiger partial charge in [-0.1, -0.05) is 25.4 Å². The highest BCUT2D eigenvalue weighted by molar-refractivity contribution is 14.0. The van der Waals surface area contributed by atoms with Crippen LogP contribution in [0.4, 0.5) is 0 Å². The van der Waals surface area contributed by atoms with Crippen molar-refractivity contribution < 1.29 is 9.47 Å². The number of nitrogens with zero attached hydrogens (tertiary/aromatic N) is 2. The van der Waals surface area contributed by atoms with Crippen LogP contribution in [0.1, 0.15) is 45.6 Å². The topological polar surface area (TPSA) is 58.1 Å². The summed E-state index contributed by atoms with van der Waals surface area (Å²) in [4.78, 5) is 6.79. The molecule has 8 heteroatoms. The van der Waals surface area contributed by atoms with Crippen molar-refractivity contribution in [3.8, 4) is 11.5 Å². The summed E-state index contributed by atoms with van der Waals surface area (Å²) in [6.07, 6.45) is 3.14. The highest BCUT2D eigenvalue weighted by Gasteiger charge is 2.16. The summed E-state index contributed by atoms with van der Waals surface area (Å²) >= 11 is 6.38. The van der Waals surface area contributed by atoms with Crippen molar-refractivity contribution in [3.05, 3.63) is 22.7 Å². The Morgan fingerprint density at radius 3 is 2.66 bits per heavy atom. The molecule has 2 rings (SSSR count). The fourth-order valence-corrected chi connectivity index (χ4v) is 3.52. The molecule has 0 saturated carbocycles. The zero-order valence-electron chi connectivity index (χ0n) is 18.1. The number of guanidine groups is 1. The summed E-state index contributed by atoms with van der Waals surface area (Å²) in [5.74, 6) is 2.15. The van der Waals surface area contributed by atoms with Gasteiger partial charge in [-0.2, -0.15) is 0 Å². The normalized spacial score (nSPS) is 14.8. The van der Waals surface area contributed by atoms with E-state index in [0.717, 1.165) is 49.7 Å². The number of halogens is 2. The molecule has 0 spiro atoms. The molecule has 0 amide bonds. The van der Waals surface area contributed by atoms with E-state index in [-0.39, 0.29) is 24.0 Å². The van der Waals surface area contributed by atoms with Gasteiger partial charge in [0.25, 0.3) is 0 Å². The second-order valence-corrected chi connectivity index (χ2v) is 7.50. The quantitative estimate of drug-likeness (QED) is 0.279. The van der Waals surface area contributed by atoms with Gasteiger partial charge in [0.15, 0.2) is 17.5 Å². The van der Waals surface area contributed by atoms with Crippen LogP contribution in [-0.4, -0.2) is 56.8 Å². The van der Waals surface area contributed by atoms with Crippen molar-refractivity contribution in [2.75, 3.05) is 39.9 Å². The lowest BCUT2D eigenvalue weighted by atomic mass is 10.1. The van der Waals surface area contributed by atoms with Gasteiger partial charge < -0.3 is 25.0 Å². The van der Waals surface area contributed by atoms with Crippen LogP contribution in [0.3, 0.4) is 0 Å². The third-order valence-corrected chi connectivity index (χ3v) is 5.22. The predicted octanol–water partition coefficient (Wildman–Crippen LogP) is 4.29. The lowest BCUT2D eigenvalue weighted by molar-refractivity contribution is 0.292. The molecule has 29 heavy (non-hydrogen) atoms. The van der Waals surface area contributed by atoms with Crippen LogP contribution in [0.25, 0.3) is 0 Å². The molecule has 1 atom stereocenters. The Morgan fingerprint density at radius 1 is 1.24 bits per heavy atom. The summed E-state index contributed by atoms with van der Waals surface area (Å²) in [5.41, 5.74) is 1.03. The number of hydrogen-bond donors (Lipinski definition) is 2. The summed E-state index contributed by atoms with van der Waals surface area (Å²) in [6.45, 7) is 11.9. The van der Waals surface area contributed by atoms with Gasteiger partial charge in [-0.3, -0.25) is 4.99 Å². The van der Waals surface area contributed by atoms with Crippen LogP contribution in [0, 0.1) is 0 Å². The van der Waals surface area contributed by atoms with E-state index in [2.05, 4.69) is 41.3 Å². The van der Waals surface area contributed by atoms with Crippen molar-refractivity contribution in [2.24, 2.45) is 4.99 Å². The van der Waals surface area contributed by atoms with Gasteiger partial charge >= 0.3 is 0 Å². The molecule has 1 aliphatic rings. The monoisotopic (exact) mass is 538 g/mol. The smallest absolute Gasteiger partial charge is 0.191 e. The van der Waals surface area contributed by atoms with Crippen LogP contribution < -0.4 is 20.1 Å². The van der Waals surface area contributed by atoms with Crippen LogP contribution in [0.5, 0.6) is 11.5 Å². The molecule has 1 unspecified atom stereocenters. The van der Waals surface area contributed by atoms with Gasteiger partial charge in [0, 0.05) is 26.1 Å². The minimum Gasteiger partial charge on any atom is -0.489 e. The maximum absolute atomic E-state index is 6.38. The maximum atomic E-state index is 6.38. The van der Waals surface area contributed by atoms with E-state index in [1.807, 2.05) is 12.1 Å². The second kappa shape index (κ2) is 14.1. The average Bonchev–Trinajstić information content (AvgIpc) is 2.94. The van der Waals surface area contributed by atoms with Crippen LogP contribution in [0.15, 0.2) is 17.1 Å². The molecule has 2 N–H and O–H groups in total. The lowest BCUT2D eigenvalue weighted by Crippen LogP contribution is -2.42. The van der Waals surface area contributed by atoms with Crippen LogP contribution in [-0.2, 0) is 6.54 Å². The van der Waals surface area contributed by atoms with Crippen molar-refractivity contribution in [1.82, 2.24) is 15.5 Å². The van der Waals surface area contributed by atoms with Crippen LogP contribution >= 0.6 is 35.6 Å². The number of fused-ring (bicyclic) bond motifs is 1. The fraction of sp³-hybridized carbons (Fsp3) is 0.667. The van der Waals surface area contributed by atoms with E-state index in [1.165, 1.54) is 6.42 Å². The third kappa shape index (κ3) is 8.76. The van der Waals surface area contributed by atoms with Crippen molar-refractivity contribution in [2.45, 2.75) is 52.6 Å². The first-order valence-electron chi connectivity index (χ1n) is 10.3. The molecule has 0 aliphatic carbocycles. The number of aliphatic imine (C=N–C) groups is 1. The molecule has 1 heterocycles. The van der Waals surface area contributed by atoms with E-state index >= 15 is 0 Å². The summed E-state index contributed by atoms with van der Waals surface area (Å²) in [7, 11) is 1.79. The Kier molecular flexibility index (Phi) is 12.7. The standard InChI is InChI=1S/C21H35ClN4O2.HI/c1-5-26(6-2)10-7-9-16(3)25-21(23-4)24-15-17-13-18(22)20-19(14-17)27-11-8-12-28-20;/h13-14,16H,5-12,15H2,1-4H3,(H2,23,24,25);1H. The van der Waals surface area contributed by atoms with E-state index in [4.69, 9.17) is 21.1 Å². The first-order valence-corrected chi connectivity index (χ1v) is 10.7. The number of nitrogens with one attached hydrogen (secondary N) is 2. The molecule has 0 radical (unpaired) electrons. The molecule has 166 valence electrons. The number of ether oxygens (including phenoxy) is 2. The first-order chi connectivity index (χ1) is 13.6.